The fraction of sp³-hybridized carbons (Fsp3) is 0.423. The Kier molecular flexibility index (Phi) is 7.32. The molecule has 3 aromatic rings. The number of piperidine rings is 1. The lowest BCUT2D eigenvalue weighted by molar-refractivity contribution is 0.137. The van der Waals surface area contributed by atoms with Gasteiger partial charge in [0.05, 0.1) is 26.0 Å². The van der Waals surface area contributed by atoms with Crippen LogP contribution < -0.4 is 9.47 Å². The van der Waals surface area contributed by atoms with Gasteiger partial charge in [0.25, 0.3) is 0 Å². The highest BCUT2D eigenvalue weighted by molar-refractivity contribution is 5.65. The van der Waals surface area contributed by atoms with Gasteiger partial charge >= 0.3 is 0 Å². The van der Waals surface area contributed by atoms with Crippen molar-refractivity contribution in [2.24, 2.45) is 0 Å². The van der Waals surface area contributed by atoms with Crippen molar-refractivity contribution in [1.29, 1.82) is 0 Å². The summed E-state index contributed by atoms with van der Waals surface area (Å²) in [7, 11) is 3.39. The molecule has 32 heavy (non-hydrogen) atoms. The number of aromatic nitrogens is 3. The Hall–Kier alpha value is -2.99. The fourth-order valence-corrected chi connectivity index (χ4v) is 4.47. The van der Waals surface area contributed by atoms with Gasteiger partial charge in [-0.05, 0) is 61.2 Å². The summed E-state index contributed by atoms with van der Waals surface area (Å²) in [5.41, 5.74) is 4.53. The number of methoxy groups -OCH3 is 2. The van der Waals surface area contributed by atoms with E-state index in [4.69, 9.17) is 14.5 Å². The van der Waals surface area contributed by atoms with Gasteiger partial charge in [-0.15, -0.1) is 0 Å². The quantitative estimate of drug-likeness (QED) is 0.485. The second-order valence-corrected chi connectivity index (χ2v) is 8.27. The summed E-state index contributed by atoms with van der Waals surface area (Å²) in [6.45, 7) is 4.02. The first kappa shape index (κ1) is 22.2. The zero-order valence-corrected chi connectivity index (χ0v) is 19.3. The average molecular weight is 433 g/mol. The van der Waals surface area contributed by atoms with E-state index in [0.29, 0.717) is 0 Å². The predicted molar refractivity (Wildman–Crippen MR) is 126 cm³/mol. The number of hydrogen-bond acceptors (Lipinski definition) is 6. The standard InChI is InChI=1S/C26H32N4O2/c1-4-7-25-28-17-23(20-9-11-27-12-10-20)26(29-25)24-8-5-6-13-30(24)18-19-14-21(31-2)16-22(15-19)32-3/h9-12,14-17,24H,4-8,13,18H2,1-3H3/t24-/m0/s1. The first-order chi connectivity index (χ1) is 15.7. The van der Waals surface area contributed by atoms with Crippen LogP contribution in [0.5, 0.6) is 11.5 Å². The molecule has 0 aliphatic carbocycles. The van der Waals surface area contributed by atoms with E-state index in [1.807, 2.05) is 36.8 Å². The van der Waals surface area contributed by atoms with Crippen LogP contribution >= 0.6 is 0 Å². The molecule has 0 bridgehead atoms. The van der Waals surface area contributed by atoms with E-state index in [0.717, 1.165) is 66.5 Å². The number of nitrogens with zero attached hydrogens (tertiary/aromatic N) is 4. The molecule has 0 unspecified atom stereocenters. The Morgan fingerprint density at radius 1 is 1.03 bits per heavy atom. The average Bonchev–Trinajstić information content (AvgIpc) is 2.85. The van der Waals surface area contributed by atoms with Crippen LogP contribution in [0.3, 0.4) is 0 Å². The number of likely N-dealkylation sites (tertiary alicyclic amines) is 1. The normalized spacial score (nSPS) is 16.7. The molecule has 2 aromatic heterocycles. The van der Waals surface area contributed by atoms with Gasteiger partial charge in [-0.25, -0.2) is 9.97 Å². The minimum atomic E-state index is 0.239. The lowest BCUT2D eigenvalue weighted by atomic mass is 9.93. The first-order valence-electron chi connectivity index (χ1n) is 11.4. The number of benzene rings is 1. The summed E-state index contributed by atoms with van der Waals surface area (Å²) >= 11 is 0. The summed E-state index contributed by atoms with van der Waals surface area (Å²) in [6, 6.07) is 10.4. The van der Waals surface area contributed by atoms with E-state index >= 15 is 0 Å². The second kappa shape index (κ2) is 10.6. The van der Waals surface area contributed by atoms with Gasteiger partial charge in [0.1, 0.15) is 17.3 Å². The smallest absolute Gasteiger partial charge is 0.128 e. The Bertz CT molecular complexity index is 1000. The maximum absolute atomic E-state index is 5.49. The molecule has 3 heterocycles. The van der Waals surface area contributed by atoms with Crippen molar-refractivity contribution >= 4 is 0 Å². The summed E-state index contributed by atoms with van der Waals surface area (Å²) in [5, 5.41) is 0. The van der Waals surface area contributed by atoms with Crippen LogP contribution in [-0.2, 0) is 13.0 Å². The number of pyridine rings is 1. The largest absolute Gasteiger partial charge is 0.497 e. The zero-order chi connectivity index (χ0) is 22.3. The molecule has 1 atom stereocenters. The van der Waals surface area contributed by atoms with Crippen molar-refractivity contribution in [3.05, 3.63) is 66.0 Å². The van der Waals surface area contributed by atoms with Crippen LogP contribution in [0.4, 0.5) is 0 Å². The van der Waals surface area contributed by atoms with Crippen LogP contribution in [0.15, 0.2) is 48.9 Å². The molecule has 1 aromatic carbocycles. The molecular formula is C26H32N4O2. The van der Waals surface area contributed by atoms with Gasteiger partial charge in [-0.3, -0.25) is 9.88 Å². The predicted octanol–water partition coefficient (Wildman–Crippen LogP) is 5.24. The Labute approximate surface area is 190 Å². The van der Waals surface area contributed by atoms with Crippen LogP contribution in [-0.4, -0.2) is 40.6 Å². The van der Waals surface area contributed by atoms with Gasteiger partial charge in [0.2, 0.25) is 0 Å². The van der Waals surface area contributed by atoms with Gasteiger partial charge in [0.15, 0.2) is 0 Å². The van der Waals surface area contributed by atoms with Gasteiger partial charge in [0, 0.05) is 43.2 Å². The van der Waals surface area contributed by atoms with E-state index in [1.54, 1.807) is 14.2 Å². The third-order valence-corrected chi connectivity index (χ3v) is 6.06. The van der Waals surface area contributed by atoms with Crippen molar-refractivity contribution in [2.45, 2.75) is 51.6 Å². The topological polar surface area (TPSA) is 60.4 Å². The molecule has 0 saturated carbocycles. The minimum Gasteiger partial charge on any atom is -0.497 e. The maximum Gasteiger partial charge on any atom is 0.128 e. The second-order valence-electron chi connectivity index (χ2n) is 8.27. The Morgan fingerprint density at radius 3 is 2.47 bits per heavy atom. The van der Waals surface area contributed by atoms with Crippen LogP contribution in [0, 0.1) is 0 Å². The van der Waals surface area contributed by atoms with Crippen molar-refractivity contribution in [3.8, 4) is 22.6 Å². The highest BCUT2D eigenvalue weighted by Crippen LogP contribution is 2.37. The van der Waals surface area contributed by atoms with Crippen LogP contribution in [0.2, 0.25) is 0 Å². The first-order valence-corrected chi connectivity index (χ1v) is 11.4. The molecule has 1 aliphatic rings. The number of rotatable bonds is 8. The summed E-state index contributed by atoms with van der Waals surface area (Å²) in [6.07, 6.45) is 11.1. The van der Waals surface area contributed by atoms with Crippen molar-refractivity contribution < 1.29 is 9.47 Å². The summed E-state index contributed by atoms with van der Waals surface area (Å²) < 4.78 is 11.0. The Balaban J connectivity index is 1.71. The van der Waals surface area contributed by atoms with E-state index in [9.17, 15) is 0 Å². The number of ether oxygens (including phenoxy) is 2. The molecule has 0 radical (unpaired) electrons. The number of aryl methyl sites for hydroxylation is 1. The van der Waals surface area contributed by atoms with E-state index in [1.165, 1.54) is 18.4 Å². The molecule has 1 saturated heterocycles. The summed E-state index contributed by atoms with van der Waals surface area (Å²) in [5.74, 6) is 2.56. The highest BCUT2D eigenvalue weighted by atomic mass is 16.5. The molecule has 0 spiro atoms. The maximum atomic E-state index is 5.49. The molecule has 0 amide bonds. The van der Waals surface area contributed by atoms with E-state index < -0.39 is 0 Å². The Morgan fingerprint density at radius 2 is 1.78 bits per heavy atom. The van der Waals surface area contributed by atoms with Gasteiger partial charge in [-0.2, -0.15) is 0 Å². The molecule has 1 fully saturated rings. The zero-order valence-electron chi connectivity index (χ0n) is 19.3. The van der Waals surface area contributed by atoms with E-state index in [-0.39, 0.29) is 6.04 Å². The van der Waals surface area contributed by atoms with Crippen molar-refractivity contribution in [1.82, 2.24) is 19.9 Å². The number of hydrogen-bond donors (Lipinski definition) is 0. The molecule has 4 rings (SSSR count). The van der Waals surface area contributed by atoms with Gasteiger partial charge in [-0.1, -0.05) is 13.3 Å². The molecule has 1 aliphatic heterocycles. The fourth-order valence-electron chi connectivity index (χ4n) is 4.47. The highest BCUT2D eigenvalue weighted by Gasteiger charge is 2.28. The van der Waals surface area contributed by atoms with E-state index in [2.05, 4.69) is 33.9 Å². The van der Waals surface area contributed by atoms with Gasteiger partial charge < -0.3 is 9.47 Å². The lowest BCUT2D eigenvalue weighted by Gasteiger charge is -2.36. The minimum absolute atomic E-state index is 0.239. The molecule has 6 nitrogen and oxygen atoms in total. The summed E-state index contributed by atoms with van der Waals surface area (Å²) in [4.78, 5) is 16.5. The molecular weight excluding hydrogens is 400 g/mol. The van der Waals surface area contributed by atoms with Crippen molar-refractivity contribution in [2.75, 3.05) is 20.8 Å². The third kappa shape index (κ3) is 5.07. The SMILES string of the molecule is CCCc1ncc(-c2ccncc2)c([C@@H]2CCCCN2Cc2cc(OC)cc(OC)c2)n1. The molecule has 168 valence electrons. The molecule has 6 heteroatoms. The molecule has 0 N–H and O–H groups in total. The van der Waals surface area contributed by atoms with Crippen molar-refractivity contribution in [3.63, 3.8) is 0 Å². The third-order valence-electron chi connectivity index (χ3n) is 6.06. The van der Waals surface area contributed by atoms with Crippen LogP contribution in [0.1, 0.15) is 55.7 Å². The lowest BCUT2D eigenvalue weighted by Crippen LogP contribution is -2.34. The van der Waals surface area contributed by atoms with Crippen LogP contribution in [0.25, 0.3) is 11.1 Å². The monoisotopic (exact) mass is 432 g/mol.